The van der Waals surface area contributed by atoms with Gasteiger partial charge in [-0.1, -0.05) is 41.9 Å². The van der Waals surface area contributed by atoms with Crippen molar-refractivity contribution in [3.63, 3.8) is 0 Å². The summed E-state index contributed by atoms with van der Waals surface area (Å²) in [4.78, 5) is 11.4. The maximum Gasteiger partial charge on any atom is 0.156 e. The summed E-state index contributed by atoms with van der Waals surface area (Å²) >= 11 is 5.89. The first-order chi connectivity index (χ1) is 10.2. The van der Waals surface area contributed by atoms with Crippen LogP contribution in [0.2, 0.25) is 5.02 Å². The van der Waals surface area contributed by atoms with Gasteiger partial charge in [-0.2, -0.15) is 5.10 Å². The topological polar surface area (TPSA) is 60.9 Å². The highest BCUT2D eigenvalue weighted by Gasteiger charge is 2.17. The SMILES string of the molecule is Nc1c(C=O)c(-c2ccc(Cl)cc2)nn1-c1ccccc1. The summed E-state index contributed by atoms with van der Waals surface area (Å²) in [6.45, 7) is 0. The molecule has 0 amide bonds. The number of anilines is 1. The van der Waals surface area contributed by atoms with Crippen molar-refractivity contribution >= 4 is 23.7 Å². The molecule has 1 aromatic heterocycles. The van der Waals surface area contributed by atoms with Crippen molar-refractivity contribution in [1.29, 1.82) is 0 Å². The number of nitrogens with zero attached hydrogens (tertiary/aromatic N) is 2. The zero-order chi connectivity index (χ0) is 14.8. The predicted octanol–water partition coefficient (Wildman–Crippen LogP) is 3.59. The molecule has 0 aliphatic rings. The number of para-hydroxylation sites is 1. The van der Waals surface area contributed by atoms with Crippen LogP contribution >= 0.6 is 11.6 Å². The smallest absolute Gasteiger partial charge is 0.156 e. The van der Waals surface area contributed by atoms with E-state index in [1.165, 1.54) is 0 Å². The van der Waals surface area contributed by atoms with Crippen LogP contribution in [0, 0.1) is 0 Å². The first kappa shape index (κ1) is 13.4. The Morgan fingerprint density at radius 1 is 1.05 bits per heavy atom. The van der Waals surface area contributed by atoms with Gasteiger partial charge in [-0.25, -0.2) is 4.68 Å². The van der Waals surface area contributed by atoms with Crippen LogP contribution in [0.15, 0.2) is 54.6 Å². The summed E-state index contributed by atoms with van der Waals surface area (Å²) in [6.07, 6.45) is 0.728. The Bertz CT molecular complexity index is 779. The number of hydrogen-bond acceptors (Lipinski definition) is 3. The molecule has 0 saturated carbocycles. The molecule has 0 aliphatic heterocycles. The number of rotatable bonds is 3. The van der Waals surface area contributed by atoms with Gasteiger partial charge < -0.3 is 5.73 Å². The number of carbonyl (C=O) groups is 1. The summed E-state index contributed by atoms with van der Waals surface area (Å²) in [6, 6.07) is 16.6. The maximum atomic E-state index is 11.4. The number of benzene rings is 2. The van der Waals surface area contributed by atoms with Gasteiger partial charge >= 0.3 is 0 Å². The predicted molar refractivity (Wildman–Crippen MR) is 83.8 cm³/mol. The van der Waals surface area contributed by atoms with E-state index in [0.29, 0.717) is 22.1 Å². The van der Waals surface area contributed by atoms with Crippen LogP contribution in [0.4, 0.5) is 5.82 Å². The minimum Gasteiger partial charge on any atom is -0.383 e. The lowest BCUT2D eigenvalue weighted by molar-refractivity contribution is 0.112. The van der Waals surface area contributed by atoms with Crippen molar-refractivity contribution in [2.75, 3.05) is 5.73 Å². The molecule has 1 heterocycles. The van der Waals surface area contributed by atoms with Crippen LogP contribution in [-0.4, -0.2) is 16.1 Å². The highest BCUT2D eigenvalue weighted by atomic mass is 35.5. The van der Waals surface area contributed by atoms with E-state index < -0.39 is 0 Å². The largest absolute Gasteiger partial charge is 0.383 e. The third-order valence-electron chi connectivity index (χ3n) is 3.20. The van der Waals surface area contributed by atoms with Crippen LogP contribution in [-0.2, 0) is 0 Å². The number of hydrogen-bond donors (Lipinski definition) is 1. The minimum absolute atomic E-state index is 0.321. The van der Waals surface area contributed by atoms with Crippen molar-refractivity contribution in [3.8, 4) is 16.9 Å². The summed E-state index contributed by atoms with van der Waals surface area (Å²) < 4.78 is 1.56. The Kier molecular flexibility index (Phi) is 3.46. The van der Waals surface area contributed by atoms with Gasteiger partial charge in [0.1, 0.15) is 11.5 Å². The lowest BCUT2D eigenvalue weighted by Gasteiger charge is -2.02. The van der Waals surface area contributed by atoms with Gasteiger partial charge in [0.05, 0.1) is 11.3 Å². The summed E-state index contributed by atoms with van der Waals surface area (Å²) in [5.74, 6) is 0.321. The van der Waals surface area contributed by atoms with Crippen LogP contribution in [0.5, 0.6) is 0 Å². The average molecular weight is 298 g/mol. The summed E-state index contributed by atoms with van der Waals surface area (Å²) in [5.41, 5.74) is 8.58. The van der Waals surface area contributed by atoms with Crippen LogP contribution in [0.3, 0.4) is 0 Å². The number of halogens is 1. The fourth-order valence-corrected chi connectivity index (χ4v) is 2.27. The van der Waals surface area contributed by atoms with E-state index in [1.807, 2.05) is 42.5 Å². The highest BCUT2D eigenvalue weighted by molar-refractivity contribution is 6.30. The van der Waals surface area contributed by atoms with Crippen molar-refractivity contribution in [2.24, 2.45) is 0 Å². The van der Waals surface area contributed by atoms with Gasteiger partial charge in [0.25, 0.3) is 0 Å². The van der Waals surface area contributed by atoms with E-state index in [9.17, 15) is 4.79 Å². The zero-order valence-electron chi connectivity index (χ0n) is 11.0. The van der Waals surface area contributed by atoms with Gasteiger partial charge in [-0.15, -0.1) is 0 Å². The van der Waals surface area contributed by atoms with Crippen LogP contribution in [0.1, 0.15) is 10.4 Å². The van der Waals surface area contributed by atoms with Gasteiger partial charge in [-0.3, -0.25) is 4.79 Å². The Labute approximate surface area is 126 Å². The molecule has 3 rings (SSSR count). The number of nitrogen functional groups attached to an aromatic ring is 1. The highest BCUT2D eigenvalue weighted by Crippen LogP contribution is 2.28. The lowest BCUT2D eigenvalue weighted by atomic mass is 10.1. The fourth-order valence-electron chi connectivity index (χ4n) is 2.15. The molecule has 2 aromatic carbocycles. The molecular formula is C16H12ClN3O. The second-order valence-corrected chi connectivity index (χ2v) is 4.96. The monoisotopic (exact) mass is 297 g/mol. The Morgan fingerprint density at radius 3 is 2.33 bits per heavy atom. The third-order valence-corrected chi connectivity index (χ3v) is 3.45. The zero-order valence-corrected chi connectivity index (χ0v) is 11.8. The summed E-state index contributed by atoms with van der Waals surface area (Å²) in [5, 5.41) is 5.09. The molecule has 0 fully saturated rings. The van der Waals surface area contributed by atoms with Gasteiger partial charge in [-0.05, 0) is 24.3 Å². The van der Waals surface area contributed by atoms with E-state index in [0.717, 1.165) is 17.5 Å². The second kappa shape index (κ2) is 5.42. The maximum absolute atomic E-state index is 11.4. The molecule has 5 heteroatoms. The first-order valence-electron chi connectivity index (χ1n) is 6.35. The molecule has 21 heavy (non-hydrogen) atoms. The molecular weight excluding hydrogens is 286 g/mol. The van der Waals surface area contributed by atoms with Crippen molar-refractivity contribution in [3.05, 3.63) is 65.2 Å². The van der Waals surface area contributed by atoms with Crippen molar-refractivity contribution in [2.45, 2.75) is 0 Å². The standard InChI is InChI=1S/C16H12ClN3O/c17-12-8-6-11(7-9-12)15-14(10-21)16(18)20(19-15)13-4-2-1-3-5-13/h1-10H,18H2. The number of carbonyl (C=O) groups excluding carboxylic acids is 1. The molecule has 0 radical (unpaired) electrons. The number of nitrogens with two attached hydrogens (primary N) is 1. The number of aromatic nitrogens is 2. The Hall–Kier alpha value is -2.59. The van der Waals surface area contributed by atoms with E-state index in [2.05, 4.69) is 5.10 Å². The van der Waals surface area contributed by atoms with Crippen molar-refractivity contribution in [1.82, 2.24) is 9.78 Å². The fraction of sp³-hybridized carbons (Fsp3) is 0. The second-order valence-electron chi connectivity index (χ2n) is 4.52. The van der Waals surface area contributed by atoms with Crippen LogP contribution < -0.4 is 5.73 Å². The third kappa shape index (κ3) is 2.41. The van der Waals surface area contributed by atoms with E-state index in [4.69, 9.17) is 17.3 Å². The molecule has 104 valence electrons. The molecule has 3 aromatic rings. The van der Waals surface area contributed by atoms with Crippen molar-refractivity contribution < 1.29 is 4.79 Å². The first-order valence-corrected chi connectivity index (χ1v) is 6.73. The molecule has 2 N–H and O–H groups in total. The van der Waals surface area contributed by atoms with Gasteiger partial charge in [0, 0.05) is 10.6 Å². The molecule has 0 spiro atoms. The van der Waals surface area contributed by atoms with E-state index in [1.54, 1.807) is 16.8 Å². The Morgan fingerprint density at radius 2 is 1.71 bits per heavy atom. The van der Waals surface area contributed by atoms with E-state index in [-0.39, 0.29) is 0 Å². The quantitative estimate of drug-likeness (QED) is 0.752. The van der Waals surface area contributed by atoms with Gasteiger partial charge in [0.15, 0.2) is 6.29 Å². The normalized spacial score (nSPS) is 10.5. The average Bonchev–Trinajstić information content (AvgIpc) is 2.85. The minimum atomic E-state index is 0.321. The summed E-state index contributed by atoms with van der Waals surface area (Å²) in [7, 11) is 0. The molecule has 0 bridgehead atoms. The molecule has 0 unspecified atom stereocenters. The molecule has 0 atom stereocenters. The molecule has 0 aliphatic carbocycles. The van der Waals surface area contributed by atoms with Gasteiger partial charge in [0.2, 0.25) is 0 Å². The lowest BCUT2D eigenvalue weighted by Crippen LogP contribution is -2.02. The number of aldehydes is 1. The molecule has 4 nitrogen and oxygen atoms in total. The van der Waals surface area contributed by atoms with Crippen LogP contribution in [0.25, 0.3) is 16.9 Å². The van der Waals surface area contributed by atoms with E-state index >= 15 is 0 Å². The Balaban J connectivity index is 2.18. The molecule has 0 saturated heterocycles.